The van der Waals surface area contributed by atoms with Crippen molar-refractivity contribution in [2.24, 2.45) is 17.8 Å². The first kappa shape index (κ1) is 11.2. The maximum Gasteiger partial charge on any atom is 0.169 e. The van der Waals surface area contributed by atoms with Crippen LogP contribution in [0.2, 0.25) is 5.02 Å². The highest BCUT2D eigenvalue weighted by Gasteiger charge is 2.54. The molecule has 0 spiro atoms. The van der Waals surface area contributed by atoms with Crippen molar-refractivity contribution in [3.05, 3.63) is 34.6 Å². The molecule has 3 heteroatoms. The van der Waals surface area contributed by atoms with E-state index in [2.05, 4.69) is 0 Å². The zero-order chi connectivity index (χ0) is 12.0. The molecule has 0 bridgehead atoms. The van der Waals surface area contributed by atoms with Crippen LogP contribution in [0.1, 0.15) is 36.0 Å². The fourth-order valence-corrected chi connectivity index (χ4v) is 3.41. The first-order chi connectivity index (χ1) is 8.18. The molecule has 1 aromatic rings. The number of carbonyl (C=O) groups excluding carboxylic acids is 1. The van der Waals surface area contributed by atoms with Crippen LogP contribution >= 0.6 is 11.6 Å². The Kier molecular flexibility index (Phi) is 2.70. The van der Waals surface area contributed by atoms with Gasteiger partial charge in [0.2, 0.25) is 0 Å². The summed E-state index contributed by atoms with van der Waals surface area (Å²) in [4.78, 5) is 12.2. The van der Waals surface area contributed by atoms with Crippen LogP contribution in [0.15, 0.2) is 18.2 Å². The third-order valence-corrected chi connectivity index (χ3v) is 4.39. The highest BCUT2D eigenvalue weighted by atomic mass is 35.5. The van der Waals surface area contributed by atoms with E-state index >= 15 is 0 Å². The Labute approximate surface area is 105 Å². The first-order valence-electron chi connectivity index (χ1n) is 6.18. The molecule has 3 rings (SSSR count). The summed E-state index contributed by atoms with van der Waals surface area (Å²) in [6.45, 7) is 0. The predicted octanol–water partition coefficient (Wildman–Crippen LogP) is 4.10. The molecule has 17 heavy (non-hydrogen) atoms. The maximum absolute atomic E-state index is 13.7. The Morgan fingerprint density at radius 1 is 1.24 bits per heavy atom. The Hall–Kier alpha value is -0.890. The zero-order valence-electron chi connectivity index (χ0n) is 9.46. The molecular formula is C14H14ClFO. The Balaban J connectivity index is 1.83. The van der Waals surface area contributed by atoms with Crippen molar-refractivity contribution in [3.8, 4) is 0 Å². The summed E-state index contributed by atoms with van der Waals surface area (Å²) >= 11 is 5.69. The molecule has 2 aliphatic rings. The van der Waals surface area contributed by atoms with Gasteiger partial charge in [0, 0.05) is 10.9 Å². The predicted molar refractivity (Wildman–Crippen MR) is 64.7 cm³/mol. The molecule has 2 fully saturated rings. The number of ketones is 1. The van der Waals surface area contributed by atoms with E-state index in [0.717, 1.165) is 12.8 Å². The zero-order valence-corrected chi connectivity index (χ0v) is 10.2. The van der Waals surface area contributed by atoms with Crippen molar-refractivity contribution < 1.29 is 9.18 Å². The van der Waals surface area contributed by atoms with E-state index in [1.165, 1.54) is 25.0 Å². The average molecular weight is 253 g/mol. The van der Waals surface area contributed by atoms with Gasteiger partial charge in [-0.25, -0.2) is 4.39 Å². The highest BCUT2D eigenvalue weighted by molar-refractivity contribution is 6.30. The summed E-state index contributed by atoms with van der Waals surface area (Å²) in [5, 5.41) is 0.340. The second-order valence-corrected chi connectivity index (χ2v) is 5.56. The smallest absolute Gasteiger partial charge is 0.169 e. The minimum atomic E-state index is -0.480. The highest BCUT2D eigenvalue weighted by Crippen LogP contribution is 2.56. The summed E-state index contributed by atoms with van der Waals surface area (Å²) in [5.41, 5.74) is 0.216. The lowest BCUT2D eigenvalue weighted by Crippen LogP contribution is -2.06. The topological polar surface area (TPSA) is 17.1 Å². The van der Waals surface area contributed by atoms with Crippen molar-refractivity contribution in [1.82, 2.24) is 0 Å². The third-order valence-electron chi connectivity index (χ3n) is 4.16. The minimum Gasteiger partial charge on any atom is -0.294 e. The van der Waals surface area contributed by atoms with Gasteiger partial charge in [0.15, 0.2) is 5.78 Å². The lowest BCUT2D eigenvalue weighted by Gasteiger charge is -2.04. The van der Waals surface area contributed by atoms with Crippen molar-refractivity contribution in [2.45, 2.75) is 25.7 Å². The summed E-state index contributed by atoms with van der Waals surface area (Å²) in [5.74, 6) is 0.619. The molecule has 90 valence electrons. The molecule has 1 aromatic carbocycles. The maximum atomic E-state index is 13.7. The van der Waals surface area contributed by atoms with Crippen LogP contribution in [-0.2, 0) is 0 Å². The summed E-state index contributed by atoms with van der Waals surface area (Å²) in [7, 11) is 0. The van der Waals surface area contributed by atoms with E-state index in [4.69, 9.17) is 11.6 Å². The van der Waals surface area contributed by atoms with E-state index in [1.807, 2.05) is 0 Å². The molecule has 2 saturated carbocycles. The fraction of sp³-hybridized carbons (Fsp3) is 0.500. The molecule has 0 aromatic heterocycles. The van der Waals surface area contributed by atoms with Gasteiger partial charge in [0.05, 0.1) is 5.56 Å². The number of fused-ring (bicyclic) bond motifs is 1. The van der Waals surface area contributed by atoms with Gasteiger partial charge in [-0.1, -0.05) is 24.4 Å². The monoisotopic (exact) mass is 252 g/mol. The van der Waals surface area contributed by atoms with Crippen molar-refractivity contribution >= 4 is 17.4 Å². The molecule has 0 amide bonds. The Morgan fingerprint density at radius 3 is 2.47 bits per heavy atom. The molecule has 2 aliphatic carbocycles. The van der Waals surface area contributed by atoms with E-state index < -0.39 is 5.82 Å². The number of Topliss-reactive ketones (excluding diaryl/α,β-unsaturated/α-hetero) is 1. The largest absolute Gasteiger partial charge is 0.294 e. The van der Waals surface area contributed by atoms with E-state index in [1.54, 1.807) is 6.07 Å². The van der Waals surface area contributed by atoms with Crippen molar-refractivity contribution in [2.75, 3.05) is 0 Å². The van der Waals surface area contributed by atoms with Gasteiger partial charge in [-0.05, 0) is 42.9 Å². The first-order valence-corrected chi connectivity index (χ1v) is 6.55. The van der Waals surface area contributed by atoms with Crippen LogP contribution in [0.25, 0.3) is 0 Å². The van der Waals surface area contributed by atoms with Gasteiger partial charge in [0.1, 0.15) is 5.82 Å². The van der Waals surface area contributed by atoms with Crippen LogP contribution in [0.5, 0.6) is 0 Å². The number of benzene rings is 1. The number of rotatable bonds is 2. The number of halogens is 2. The van der Waals surface area contributed by atoms with Gasteiger partial charge >= 0.3 is 0 Å². The van der Waals surface area contributed by atoms with Crippen LogP contribution in [0.3, 0.4) is 0 Å². The van der Waals surface area contributed by atoms with Gasteiger partial charge in [0.25, 0.3) is 0 Å². The summed E-state index contributed by atoms with van der Waals surface area (Å²) in [6.07, 6.45) is 4.70. The summed E-state index contributed by atoms with van der Waals surface area (Å²) < 4.78 is 13.7. The Morgan fingerprint density at radius 2 is 1.88 bits per heavy atom. The second-order valence-electron chi connectivity index (χ2n) is 5.13. The number of carbonyl (C=O) groups is 1. The van der Waals surface area contributed by atoms with Crippen LogP contribution in [0, 0.1) is 23.6 Å². The molecule has 0 aliphatic heterocycles. The minimum absolute atomic E-state index is 0.0175. The molecule has 0 heterocycles. The normalized spacial score (nSPS) is 30.8. The third kappa shape index (κ3) is 1.89. The van der Waals surface area contributed by atoms with Crippen molar-refractivity contribution in [1.29, 1.82) is 0 Å². The van der Waals surface area contributed by atoms with Gasteiger partial charge in [-0.15, -0.1) is 0 Å². The van der Waals surface area contributed by atoms with Crippen LogP contribution in [0.4, 0.5) is 4.39 Å². The van der Waals surface area contributed by atoms with E-state index in [-0.39, 0.29) is 17.3 Å². The van der Waals surface area contributed by atoms with Crippen LogP contribution in [-0.4, -0.2) is 5.78 Å². The molecule has 2 unspecified atom stereocenters. The second kappa shape index (κ2) is 4.09. The lowest BCUT2D eigenvalue weighted by molar-refractivity contribution is 0.0952. The van der Waals surface area contributed by atoms with Gasteiger partial charge < -0.3 is 0 Å². The quantitative estimate of drug-likeness (QED) is 0.725. The average Bonchev–Trinajstić information content (AvgIpc) is 3.02. The molecule has 0 N–H and O–H groups in total. The number of hydrogen-bond donors (Lipinski definition) is 0. The molecule has 0 radical (unpaired) electrons. The summed E-state index contributed by atoms with van der Waals surface area (Å²) in [6, 6.07) is 4.33. The Bertz CT molecular complexity index is 459. The van der Waals surface area contributed by atoms with Gasteiger partial charge in [-0.2, -0.15) is 0 Å². The molecule has 1 nitrogen and oxygen atoms in total. The van der Waals surface area contributed by atoms with E-state index in [0.29, 0.717) is 16.9 Å². The fourth-order valence-electron chi connectivity index (χ4n) is 3.25. The molecular weight excluding hydrogens is 239 g/mol. The standard InChI is InChI=1S/C14H14ClFO/c15-8-5-6-11(12(16)7-8)14(17)13-9-3-1-2-4-10(9)13/h5-7,9-10,13H,1-4H2. The molecule has 2 atom stereocenters. The molecule has 0 saturated heterocycles. The lowest BCUT2D eigenvalue weighted by atomic mass is 10.0. The van der Waals surface area contributed by atoms with Crippen molar-refractivity contribution in [3.63, 3.8) is 0 Å². The van der Waals surface area contributed by atoms with Gasteiger partial charge in [-0.3, -0.25) is 4.79 Å². The van der Waals surface area contributed by atoms with E-state index in [9.17, 15) is 9.18 Å². The van der Waals surface area contributed by atoms with Crippen LogP contribution < -0.4 is 0 Å². The number of hydrogen-bond acceptors (Lipinski definition) is 1. The SMILES string of the molecule is O=C(c1ccc(Cl)cc1F)C1C2CCCCC21.